The zero-order valence-electron chi connectivity index (χ0n) is 10.7. The molecule has 1 aliphatic rings. The van der Waals surface area contributed by atoms with Crippen LogP contribution >= 0.6 is 11.3 Å². The summed E-state index contributed by atoms with van der Waals surface area (Å²) in [7, 11) is 1.60. The van der Waals surface area contributed by atoms with Crippen molar-refractivity contribution in [2.75, 3.05) is 12.8 Å². The summed E-state index contributed by atoms with van der Waals surface area (Å²) >= 11 is 1.56. The molecule has 0 radical (unpaired) electrons. The summed E-state index contributed by atoms with van der Waals surface area (Å²) in [4.78, 5) is 13.9. The number of ether oxygens (including phenoxy) is 1. The fourth-order valence-corrected chi connectivity index (χ4v) is 3.74. The van der Waals surface area contributed by atoms with Crippen molar-refractivity contribution in [2.45, 2.75) is 19.3 Å². The number of ketones is 1. The van der Waals surface area contributed by atoms with Crippen LogP contribution < -0.4 is 10.5 Å². The van der Waals surface area contributed by atoms with Crippen molar-refractivity contribution in [3.8, 4) is 5.75 Å². The summed E-state index contributed by atoms with van der Waals surface area (Å²) < 4.78 is 5.16. The van der Waals surface area contributed by atoms with E-state index in [0.717, 1.165) is 24.8 Å². The topological polar surface area (TPSA) is 52.3 Å². The molecule has 0 saturated heterocycles. The highest BCUT2D eigenvalue weighted by Gasteiger charge is 2.26. The third-order valence-corrected chi connectivity index (χ3v) is 4.63. The number of thiophene rings is 1. The summed E-state index contributed by atoms with van der Waals surface area (Å²) in [5, 5.41) is 0.650. The van der Waals surface area contributed by atoms with Gasteiger partial charge >= 0.3 is 0 Å². The molecule has 4 heteroatoms. The highest BCUT2D eigenvalue weighted by molar-refractivity contribution is 7.16. The van der Waals surface area contributed by atoms with Crippen LogP contribution in [0.15, 0.2) is 24.3 Å². The maximum atomic E-state index is 12.6. The molecule has 3 rings (SSSR count). The number of aryl methyl sites for hydroxylation is 1. The van der Waals surface area contributed by atoms with Crippen molar-refractivity contribution in [3.63, 3.8) is 0 Å². The lowest BCUT2D eigenvalue weighted by Gasteiger charge is -2.05. The summed E-state index contributed by atoms with van der Waals surface area (Å²) in [6.07, 6.45) is 3.14. The Morgan fingerprint density at radius 1 is 1.37 bits per heavy atom. The van der Waals surface area contributed by atoms with Gasteiger partial charge in [0.1, 0.15) is 5.75 Å². The van der Waals surface area contributed by atoms with Crippen LogP contribution in [0.25, 0.3) is 0 Å². The number of rotatable bonds is 3. The standard InChI is InChI=1S/C15H15NO2S/c1-18-10-5-2-4-9(8-10)14(17)13-11-6-3-7-12(11)19-15(13)16/h2,4-5,8H,3,6-7,16H2,1H3. The Morgan fingerprint density at radius 2 is 2.21 bits per heavy atom. The van der Waals surface area contributed by atoms with Crippen LogP contribution in [0.2, 0.25) is 0 Å². The van der Waals surface area contributed by atoms with E-state index in [9.17, 15) is 4.79 Å². The molecule has 1 aromatic carbocycles. The number of carbonyl (C=O) groups is 1. The highest BCUT2D eigenvalue weighted by Crippen LogP contribution is 2.38. The van der Waals surface area contributed by atoms with Crippen LogP contribution in [-0.2, 0) is 12.8 Å². The lowest BCUT2D eigenvalue weighted by Crippen LogP contribution is -2.05. The molecule has 1 aliphatic carbocycles. The van der Waals surface area contributed by atoms with Crippen molar-refractivity contribution in [2.24, 2.45) is 0 Å². The molecular formula is C15H15NO2S. The van der Waals surface area contributed by atoms with Gasteiger partial charge in [0.2, 0.25) is 0 Å². The van der Waals surface area contributed by atoms with Crippen molar-refractivity contribution in [3.05, 3.63) is 45.8 Å². The smallest absolute Gasteiger partial charge is 0.196 e. The van der Waals surface area contributed by atoms with Gasteiger partial charge < -0.3 is 10.5 Å². The Bertz CT molecular complexity index is 646. The summed E-state index contributed by atoms with van der Waals surface area (Å²) in [6.45, 7) is 0. The van der Waals surface area contributed by atoms with Gasteiger partial charge in [-0.3, -0.25) is 4.79 Å². The van der Waals surface area contributed by atoms with Gasteiger partial charge in [-0.1, -0.05) is 12.1 Å². The van der Waals surface area contributed by atoms with Gasteiger partial charge in [0, 0.05) is 10.4 Å². The first kappa shape index (κ1) is 12.2. The van der Waals surface area contributed by atoms with Gasteiger partial charge in [-0.2, -0.15) is 0 Å². The Kier molecular flexibility index (Phi) is 3.03. The molecule has 3 nitrogen and oxygen atoms in total. The Labute approximate surface area is 116 Å². The van der Waals surface area contributed by atoms with Crippen molar-refractivity contribution in [1.82, 2.24) is 0 Å². The maximum Gasteiger partial charge on any atom is 0.196 e. The van der Waals surface area contributed by atoms with E-state index in [1.54, 1.807) is 24.5 Å². The third-order valence-electron chi connectivity index (χ3n) is 3.51. The van der Waals surface area contributed by atoms with Crippen LogP contribution in [0.1, 0.15) is 32.8 Å². The number of methoxy groups -OCH3 is 1. The molecule has 0 atom stereocenters. The quantitative estimate of drug-likeness (QED) is 0.874. The lowest BCUT2D eigenvalue weighted by atomic mass is 10.0. The molecule has 2 aromatic rings. The van der Waals surface area contributed by atoms with E-state index in [1.807, 2.05) is 18.2 Å². The summed E-state index contributed by atoms with van der Waals surface area (Å²) in [5.74, 6) is 0.701. The van der Waals surface area contributed by atoms with E-state index in [1.165, 1.54) is 4.88 Å². The molecule has 2 N–H and O–H groups in total. The van der Waals surface area contributed by atoms with E-state index in [0.29, 0.717) is 21.9 Å². The van der Waals surface area contributed by atoms with Gasteiger partial charge in [-0.25, -0.2) is 0 Å². The predicted molar refractivity (Wildman–Crippen MR) is 77.2 cm³/mol. The summed E-state index contributed by atoms with van der Waals surface area (Å²) in [6, 6.07) is 7.23. The van der Waals surface area contributed by atoms with Crippen molar-refractivity contribution >= 4 is 22.1 Å². The third kappa shape index (κ3) is 2.02. The molecular weight excluding hydrogens is 258 g/mol. The van der Waals surface area contributed by atoms with Crippen molar-refractivity contribution < 1.29 is 9.53 Å². The number of anilines is 1. The maximum absolute atomic E-state index is 12.6. The molecule has 1 heterocycles. The van der Waals surface area contributed by atoms with Crippen LogP contribution in [0.5, 0.6) is 5.75 Å². The monoisotopic (exact) mass is 273 g/mol. The Balaban J connectivity index is 2.04. The molecule has 0 spiro atoms. The average Bonchev–Trinajstić information content (AvgIpc) is 2.98. The molecule has 0 amide bonds. The van der Waals surface area contributed by atoms with Crippen LogP contribution in [0.4, 0.5) is 5.00 Å². The highest BCUT2D eigenvalue weighted by atomic mass is 32.1. The number of carbonyl (C=O) groups excluding carboxylic acids is 1. The predicted octanol–water partition coefficient (Wildman–Crippen LogP) is 3.06. The van der Waals surface area contributed by atoms with Gasteiger partial charge in [-0.15, -0.1) is 11.3 Å². The second-order valence-corrected chi connectivity index (χ2v) is 5.79. The minimum Gasteiger partial charge on any atom is -0.497 e. The molecule has 19 heavy (non-hydrogen) atoms. The number of nitrogen functional groups attached to an aromatic ring is 1. The normalized spacial score (nSPS) is 13.3. The van der Waals surface area contributed by atoms with Crippen LogP contribution in [0, 0.1) is 0 Å². The van der Waals surface area contributed by atoms with Crippen LogP contribution in [0.3, 0.4) is 0 Å². The number of fused-ring (bicyclic) bond motifs is 1. The van der Waals surface area contributed by atoms with Gasteiger partial charge in [0.25, 0.3) is 0 Å². The average molecular weight is 273 g/mol. The van der Waals surface area contributed by atoms with E-state index in [4.69, 9.17) is 10.5 Å². The lowest BCUT2D eigenvalue weighted by molar-refractivity contribution is 0.103. The number of hydrogen-bond acceptors (Lipinski definition) is 4. The molecule has 0 bridgehead atoms. The van der Waals surface area contributed by atoms with Gasteiger partial charge in [0.15, 0.2) is 5.78 Å². The SMILES string of the molecule is COc1cccc(C(=O)c2c(N)sc3c2CCC3)c1. The second kappa shape index (κ2) is 4.70. The summed E-state index contributed by atoms with van der Waals surface area (Å²) in [5.41, 5.74) is 8.54. The minimum absolute atomic E-state index is 0.0100. The first-order chi connectivity index (χ1) is 9.20. The van der Waals surface area contributed by atoms with Crippen molar-refractivity contribution in [1.29, 1.82) is 0 Å². The van der Waals surface area contributed by atoms with Gasteiger partial charge in [-0.05, 0) is 37.0 Å². The zero-order valence-corrected chi connectivity index (χ0v) is 11.5. The van der Waals surface area contributed by atoms with Crippen LogP contribution in [-0.4, -0.2) is 12.9 Å². The largest absolute Gasteiger partial charge is 0.497 e. The van der Waals surface area contributed by atoms with E-state index in [2.05, 4.69) is 0 Å². The molecule has 0 unspecified atom stereocenters. The zero-order chi connectivity index (χ0) is 13.4. The molecule has 1 aromatic heterocycles. The van der Waals surface area contributed by atoms with E-state index >= 15 is 0 Å². The molecule has 0 fully saturated rings. The van der Waals surface area contributed by atoms with E-state index in [-0.39, 0.29) is 5.78 Å². The Hall–Kier alpha value is -1.81. The first-order valence-corrected chi connectivity index (χ1v) is 7.11. The molecule has 0 saturated carbocycles. The fourth-order valence-electron chi connectivity index (χ4n) is 2.58. The Morgan fingerprint density at radius 3 is 3.00 bits per heavy atom. The number of nitrogens with two attached hydrogens (primary N) is 1. The number of benzene rings is 1. The number of hydrogen-bond donors (Lipinski definition) is 1. The molecule has 98 valence electrons. The first-order valence-electron chi connectivity index (χ1n) is 6.29. The van der Waals surface area contributed by atoms with E-state index < -0.39 is 0 Å². The van der Waals surface area contributed by atoms with Gasteiger partial charge in [0.05, 0.1) is 17.7 Å². The second-order valence-electron chi connectivity index (χ2n) is 4.66. The molecule has 0 aliphatic heterocycles. The fraction of sp³-hybridized carbons (Fsp3) is 0.267. The minimum atomic E-state index is 0.0100.